The third kappa shape index (κ3) is 2.10. The Bertz CT molecular complexity index is 569. The van der Waals surface area contributed by atoms with Gasteiger partial charge < -0.3 is 10.7 Å². The highest BCUT2D eigenvalue weighted by Gasteiger charge is 2.10. The lowest BCUT2D eigenvalue weighted by atomic mass is 10.2. The number of nitrogens with two attached hydrogens (primary N) is 1. The van der Waals surface area contributed by atoms with Crippen LogP contribution in [0.1, 0.15) is 31.9 Å². The molecule has 0 radical (unpaired) electrons. The highest BCUT2D eigenvalue weighted by atomic mass is 16.1. The van der Waals surface area contributed by atoms with Crippen LogP contribution in [0.15, 0.2) is 17.1 Å². The van der Waals surface area contributed by atoms with Gasteiger partial charge in [-0.05, 0) is 32.4 Å². The van der Waals surface area contributed by atoms with E-state index in [-0.39, 0.29) is 11.6 Å². The summed E-state index contributed by atoms with van der Waals surface area (Å²) in [5.41, 5.74) is 6.93. The molecule has 0 saturated heterocycles. The van der Waals surface area contributed by atoms with E-state index in [1.165, 1.54) is 0 Å². The van der Waals surface area contributed by atoms with E-state index < -0.39 is 0 Å². The lowest BCUT2D eigenvalue weighted by molar-refractivity contribution is 0.489. The van der Waals surface area contributed by atoms with Gasteiger partial charge in [0, 0.05) is 10.9 Å². The first-order chi connectivity index (χ1) is 8.17. The van der Waals surface area contributed by atoms with Crippen molar-refractivity contribution in [3.8, 4) is 0 Å². The number of nitrogens with one attached hydrogen (secondary N) is 1. The first-order valence-corrected chi connectivity index (χ1v) is 5.96. The molecule has 5 nitrogen and oxygen atoms in total. The van der Waals surface area contributed by atoms with Crippen molar-refractivity contribution in [1.29, 1.82) is 0 Å². The largest absolute Gasteiger partial charge is 0.330 e. The molecule has 0 aliphatic carbocycles. The van der Waals surface area contributed by atoms with Gasteiger partial charge in [0.25, 0.3) is 5.56 Å². The van der Waals surface area contributed by atoms with Crippen LogP contribution in [0.5, 0.6) is 0 Å². The Morgan fingerprint density at radius 3 is 3.00 bits per heavy atom. The smallest absolute Gasteiger partial charge is 0.252 e. The number of hydrogen-bond donors (Lipinski definition) is 2. The lowest BCUT2D eigenvalue weighted by Gasteiger charge is -2.10. The summed E-state index contributed by atoms with van der Waals surface area (Å²) in [4.78, 5) is 14.7. The van der Waals surface area contributed by atoms with Crippen molar-refractivity contribution in [3.63, 3.8) is 0 Å². The van der Waals surface area contributed by atoms with E-state index in [0.717, 1.165) is 23.0 Å². The molecule has 0 saturated carbocycles. The number of fused-ring (bicyclic) bond motifs is 1. The fourth-order valence-electron chi connectivity index (χ4n) is 1.90. The predicted octanol–water partition coefficient (Wildman–Crippen LogP) is 1.20. The number of hydrogen-bond acceptors (Lipinski definition) is 3. The molecular formula is C12H18N4O. The van der Waals surface area contributed by atoms with E-state index in [9.17, 15) is 4.79 Å². The zero-order valence-electron chi connectivity index (χ0n) is 10.2. The van der Waals surface area contributed by atoms with Crippen molar-refractivity contribution in [2.75, 3.05) is 6.54 Å². The van der Waals surface area contributed by atoms with Crippen LogP contribution < -0.4 is 11.3 Å². The second-order valence-corrected chi connectivity index (χ2v) is 4.31. The molecule has 1 unspecified atom stereocenters. The molecule has 2 aromatic heterocycles. The van der Waals surface area contributed by atoms with Gasteiger partial charge in [0.05, 0.1) is 12.2 Å². The Hall–Kier alpha value is -1.62. The molecule has 0 aromatic carbocycles. The van der Waals surface area contributed by atoms with Crippen LogP contribution in [0.4, 0.5) is 0 Å². The molecular weight excluding hydrogens is 216 g/mol. The lowest BCUT2D eigenvalue weighted by Crippen LogP contribution is -2.17. The first kappa shape index (κ1) is 11.9. The van der Waals surface area contributed by atoms with E-state index >= 15 is 0 Å². The molecule has 92 valence electrons. The van der Waals surface area contributed by atoms with E-state index in [1.54, 1.807) is 6.20 Å². The summed E-state index contributed by atoms with van der Waals surface area (Å²) < 4.78 is 1.86. The van der Waals surface area contributed by atoms with Crippen molar-refractivity contribution in [2.24, 2.45) is 5.73 Å². The summed E-state index contributed by atoms with van der Waals surface area (Å²) in [6, 6.07) is 2.16. The molecule has 17 heavy (non-hydrogen) atoms. The molecule has 5 heteroatoms. The highest BCUT2D eigenvalue weighted by Crippen LogP contribution is 2.17. The number of pyridine rings is 1. The summed E-state index contributed by atoms with van der Waals surface area (Å²) >= 11 is 0. The van der Waals surface area contributed by atoms with E-state index in [1.807, 2.05) is 10.7 Å². The van der Waals surface area contributed by atoms with Crippen LogP contribution in [0.25, 0.3) is 11.0 Å². The molecule has 2 aromatic rings. The summed E-state index contributed by atoms with van der Waals surface area (Å²) in [6.07, 6.45) is 3.36. The monoisotopic (exact) mass is 234 g/mol. The average Bonchev–Trinajstić information content (AvgIpc) is 2.72. The number of nitrogens with zero attached hydrogens (tertiary/aromatic N) is 2. The second-order valence-electron chi connectivity index (χ2n) is 4.31. The molecule has 2 rings (SSSR count). The minimum atomic E-state index is -0.0620. The molecule has 0 fully saturated rings. The van der Waals surface area contributed by atoms with Crippen LogP contribution in [-0.4, -0.2) is 21.3 Å². The molecule has 0 spiro atoms. The quantitative estimate of drug-likeness (QED) is 0.834. The average molecular weight is 234 g/mol. The van der Waals surface area contributed by atoms with Gasteiger partial charge in [-0.25, -0.2) is 4.68 Å². The maximum Gasteiger partial charge on any atom is 0.252 e. The van der Waals surface area contributed by atoms with Crippen molar-refractivity contribution in [1.82, 2.24) is 14.8 Å². The van der Waals surface area contributed by atoms with Crippen LogP contribution in [0, 0.1) is 0 Å². The first-order valence-electron chi connectivity index (χ1n) is 5.96. The van der Waals surface area contributed by atoms with Gasteiger partial charge in [-0.3, -0.25) is 4.79 Å². The number of aromatic amines is 1. The summed E-state index contributed by atoms with van der Waals surface area (Å²) in [7, 11) is 0. The van der Waals surface area contributed by atoms with Crippen molar-refractivity contribution in [3.05, 3.63) is 28.2 Å². The Morgan fingerprint density at radius 1 is 1.59 bits per heavy atom. The van der Waals surface area contributed by atoms with Crippen LogP contribution in [0.3, 0.4) is 0 Å². The summed E-state index contributed by atoms with van der Waals surface area (Å²) in [6.45, 7) is 4.66. The van der Waals surface area contributed by atoms with Gasteiger partial charge >= 0.3 is 0 Å². The molecule has 0 bridgehead atoms. The van der Waals surface area contributed by atoms with Crippen LogP contribution >= 0.6 is 0 Å². The highest BCUT2D eigenvalue weighted by molar-refractivity contribution is 5.75. The van der Waals surface area contributed by atoms with Gasteiger partial charge in [0.2, 0.25) is 0 Å². The van der Waals surface area contributed by atoms with Crippen LogP contribution in [-0.2, 0) is 6.42 Å². The van der Waals surface area contributed by atoms with Gasteiger partial charge in [0.15, 0.2) is 0 Å². The van der Waals surface area contributed by atoms with E-state index in [0.29, 0.717) is 13.0 Å². The van der Waals surface area contributed by atoms with Gasteiger partial charge in [0.1, 0.15) is 5.65 Å². The van der Waals surface area contributed by atoms with Crippen LogP contribution in [0.2, 0.25) is 0 Å². The van der Waals surface area contributed by atoms with Crippen molar-refractivity contribution >= 4 is 11.0 Å². The van der Waals surface area contributed by atoms with Crippen molar-refractivity contribution in [2.45, 2.75) is 32.7 Å². The van der Waals surface area contributed by atoms with Crippen molar-refractivity contribution < 1.29 is 0 Å². The Kier molecular flexibility index (Phi) is 3.28. The Morgan fingerprint density at radius 2 is 2.35 bits per heavy atom. The minimum absolute atomic E-state index is 0.0620. The maximum absolute atomic E-state index is 11.8. The number of rotatable bonds is 4. The summed E-state index contributed by atoms with van der Waals surface area (Å²) in [5.74, 6) is 0. The molecule has 0 aliphatic rings. The van der Waals surface area contributed by atoms with Gasteiger partial charge in [-0.15, -0.1) is 0 Å². The molecule has 3 N–H and O–H groups in total. The Labute approximate surface area is 99.6 Å². The third-order valence-corrected chi connectivity index (χ3v) is 3.10. The fourth-order valence-corrected chi connectivity index (χ4v) is 1.90. The van der Waals surface area contributed by atoms with E-state index in [4.69, 9.17) is 5.73 Å². The summed E-state index contributed by atoms with van der Waals surface area (Å²) in [5, 5.41) is 5.29. The Balaban J connectivity index is 2.56. The standard InChI is InChI=1S/C12H18N4O/c1-3-8(2)16-11-10(7-14-16)6-9(4-5-13)12(17)15-11/h6-8H,3-5,13H2,1-2H3,(H,15,17). The van der Waals surface area contributed by atoms with E-state index in [2.05, 4.69) is 23.9 Å². The SMILES string of the molecule is CCC(C)n1ncc2cc(CCN)c(=O)[nH]c21. The zero-order valence-corrected chi connectivity index (χ0v) is 10.2. The molecule has 0 amide bonds. The second kappa shape index (κ2) is 4.71. The molecule has 2 heterocycles. The normalized spacial score (nSPS) is 13.1. The minimum Gasteiger partial charge on any atom is -0.330 e. The number of aromatic nitrogens is 3. The zero-order chi connectivity index (χ0) is 12.4. The fraction of sp³-hybridized carbons (Fsp3) is 0.500. The van der Waals surface area contributed by atoms with Gasteiger partial charge in [-0.2, -0.15) is 5.10 Å². The predicted molar refractivity (Wildman–Crippen MR) is 68.1 cm³/mol. The molecule has 0 aliphatic heterocycles. The third-order valence-electron chi connectivity index (χ3n) is 3.10. The van der Waals surface area contributed by atoms with Gasteiger partial charge in [-0.1, -0.05) is 6.92 Å². The topological polar surface area (TPSA) is 76.7 Å². The molecule has 1 atom stereocenters. The number of H-pyrrole nitrogens is 1. The maximum atomic E-state index is 11.8.